The Morgan fingerprint density at radius 3 is 2.65 bits per heavy atom. The minimum Gasteiger partial charge on any atom is -0.490 e. The lowest BCUT2D eigenvalue weighted by molar-refractivity contribution is -0.136. The average molecular weight is 593 g/mol. The number of methoxy groups -OCH3 is 1. The quantitative estimate of drug-likeness (QED) is 0.0904. The molecule has 0 bridgehead atoms. The summed E-state index contributed by atoms with van der Waals surface area (Å²) in [5, 5.41) is 29.0. The highest BCUT2D eigenvalue weighted by Crippen LogP contribution is 2.35. The average Bonchev–Trinajstić information content (AvgIpc) is 3.44. The Bertz CT molecular complexity index is 1580. The maximum atomic E-state index is 12.4. The summed E-state index contributed by atoms with van der Waals surface area (Å²) >= 11 is 0. The molecule has 0 saturated heterocycles. The Balaban J connectivity index is 1.40. The van der Waals surface area contributed by atoms with Crippen molar-refractivity contribution >= 4 is 24.2 Å². The van der Waals surface area contributed by atoms with Gasteiger partial charge in [0.1, 0.15) is 18.1 Å². The van der Waals surface area contributed by atoms with Crippen LogP contribution < -0.4 is 25.5 Å². The molecule has 0 unspecified atom stereocenters. The Morgan fingerprint density at radius 1 is 1.14 bits per heavy atom. The number of benzene rings is 2. The highest BCUT2D eigenvalue weighted by Gasteiger charge is 2.32. The normalized spacial score (nSPS) is 15.5. The second-order valence-electron chi connectivity index (χ2n) is 9.40. The SMILES string of the molecule is CCOc1cc([C@@H]2NC(=O)NC(C)=C2C(=O)OC)ccc1OC[C@H](O)N/N=C\c1ccc(-c2cccc(C(=O)O)c2C)o1. The molecule has 2 atom stereocenters. The number of urea groups is 1. The van der Waals surface area contributed by atoms with Gasteiger partial charge in [-0.3, -0.25) is 5.43 Å². The maximum absolute atomic E-state index is 12.4. The Hall–Kier alpha value is -5.30. The van der Waals surface area contributed by atoms with Gasteiger partial charge in [-0.05, 0) is 62.2 Å². The van der Waals surface area contributed by atoms with Crippen LogP contribution in [0.15, 0.2) is 69.3 Å². The van der Waals surface area contributed by atoms with Crippen LogP contribution >= 0.6 is 0 Å². The Labute approximate surface area is 247 Å². The van der Waals surface area contributed by atoms with E-state index in [1.54, 1.807) is 63.2 Å². The number of allylic oxidation sites excluding steroid dienone is 1. The van der Waals surface area contributed by atoms with Crippen LogP contribution in [0.4, 0.5) is 4.79 Å². The number of furan rings is 1. The molecule has 13 nitrogen and oxygen atoms in total. The molecule has 4 rings (SSSR count). The molecular weight excluding hydrogens is 560 g/mol. The fraction of sp³-hybridized carbons (Fsp3) is 0.267. The minimum atomic E-state index is -1.20. The van der Waals surface area contributed by atoms with Gasteiger partial charge in [-0.1, -0.05) is 18.2 Å². The number of nitrogens with zero attached hydrogens (tertiary/aromatic N) is 1. The molecule has 13 heteroatoms. The third kappa shape index (κ3) is 7.13. The third-order valence-corrected chi connectivity index (χ3v) is 6.54. The zero-order valence-electron chi connectivity index (χ0n) is 24.0. The van der Waals surface area contributed by atoms with Gasteiger partial charge in [-0.2, -0.15) is 5.10 Å². The molecule has 2 aromatic carbocycles. The fourth-order valence-electron chi connectivity index (χ4n) is 4.51. The number of aromatic carboxylic acids is 1. The molecule has 0 fully saturated rings. The number of carbonyl (C=O) groups excluding carboxylic acids is 2. The highest BCUT2D eigenvalue weighted by atomic mass is 16.5. The van der Waals surface area contributed by atoms with Crippen LogP contribution in [0.3, 0.4) is 0 Å². The lowest BCUT2D eigenvalue weighted by Gasteiger charge is -2.28. The molecule has 3 aromatic rings. The number of aliphatic hydroxyl groups is 1. The van der Waals surface area contributed by atoms with Gasteiger partial charge in [0.2, 0.25) is 0 Å². The molecule has 1 aliphatic rings. The fourth-order valence-corrected chi connectivity index (χ4v) is 4.51. The molecular formula is C30H32N4O9. The molecule has 1 aliphatic heterocycles. The molecule has 2 amide bonds. The van der Waals surface area contributed by atoms with E-state index in [1.807, 2.05) is 0 Å². The first-order valence-corrected chi connectivity index (χ1v) is 13.3. The van der Waals surface area contributed by atoms with Crippen molar-refractivity contribution in [3.63, 3.8) is 0 Å². The van der Waals surface area contributed by atoms with E-state index in [-0.39, 0.29) is 17.7 Å². The van der Waals surface area contributed by atoms with Crippen molar-refractivity contribution in [1.82, 2.24) is 16.1 Å². The molecule has 0 aliphatic carbocycles. The molecule has 43 heavy (non-hydrogen) atoms. The standard InChI is InChI=1S/C30H32N4O9/c1-5-41-24-13-18(27-26(29(38)40-4)17(3)32-30(39)33-27)9-11-23(24)42-15-25(35)34-31-14-19-10-12-22(43-19)20-7-6-8-21(16(20)2)28(36)37/h6-14,25,27,34-35H,5,15H2,1-4H3,(H,36,37)(H2,32,33,39)/b31-14-/t25-,27-/m0/s1. The summed E-state index contributed by atoms with van der Waals surface area (Å²) in [5.41, 5.74) is 5.15. The number of aliphatic hydroxyl groups excluding tert-OH is 1. The van der Waals surface area contributed by atoms with Gasteiger partial charge in [0.25, 0.3) is 0 Å². The van der Waals surface area contributed by atoms with E-state index < -0.39 is 30.2 Å². The van der Waals surface area contributed by atoms with Crippen LogP contribution in [-0.2, 0) is 9.53 Å². The topological polar surface area (TPSA) is 181 Å². The van der Waals surface area contributed by atoms with Crippen LogP contribution in [0, 0.1) is 6.92 Å². The summed E-state index contributed by atoms with van der Waals surface area (Å²) in [6.07, 6.45) is 0.167. The number of esters is 1. The summed E-state index contributed by atoms with van der Waals surface area (Å²) in [6, 6.07) is 12.0. The van der Waals surface area contributed by atoms with Gasteiger partial charge in [-0.25, -0.2) is 14.4 Å². The lowest BCUT2D eigenvalue weighted by Crippen LogP contribution is -2.45. The van der Waals surface area contributed by atoms with Crippen molar-refractivity contribution in [2.45, 2.75) is 33.0 Å². The van der Waals surface area contributed by atoms with Crippen LogP contribution in [0.25, 0.3) is 11.3 Å². The number of ether oxygens (including phenoxy) is 3. The van der Waals surface area contributed by atoms with Crippen molar-refractivity contribution in [1.29, 1.82) is 0 Å². The largest absolute Gasteiger partial charge is 0.490 e. The molecule has 2 heterocycles. The van der Waals surface area contributed by atoms with Gasteiger partial charge in [0.15, 0.2) is 17.7 Å². The second kappa shape index (κ2) is 13.6. The molecule has 5 N–H and O–H groups in total. The molecule has 0 spiro atoms. The van der Waals surface area contributed by atoms with Crippen LogP contribution in [0.2, 0.25) is 0 Å². The summed E-state index contributed by atoms with van der Waals surface area (Å²) in [4.78, 5) is 36.0. The van der Waals surface area contributed by atoms with Crippen molar-refractivity contribution in [2.24, 2.45) is 5.10 Å². The molecule has 226 valence electrons. The first-order valence-electron chi connectivity index (χ1n) is 13.3. The molecule has 0 radical (unpaired) electrons. The first kappa shape index (κ1) is 30.7. The van der Waals surface area contributed by atoms with E-state index in [1.165, 1.54) is 19.4 Å². The van der Waals surface area contributed by atoms with Crippen molar-refractivity contribution in [3.05, 3.63) is 82.3 Å². The number of carboxylic acid groups (broad SMARTS) is 1. The monoisotopic (exact) mass is 592 g/mol. The predicted octanol–water partition coefficient (Wildman–Crippen LogP) is 3.47. The maximum Gasteiger partial charge on any atom is 0.337 e. The molecule has 0 saturated carbocycles. The Morgan fingerprint density at radius 2 is 1.93 bits per heavy atom. The number of amides is 2. The third-order valence-electron chi connectivity index (χ3n) is 6.54. The number of carbonyl (C=O) groups is 3. The van der Waals surface area contributed by atoms with E-state index in [4.69, 9.17) is 18.6 Å². The second-order valence-corrected chi connectivity index (χ2v) is 9.40. The molecule has 1 aromatic heterocycles. The zero-order valence-corrected chi connectivity index (χ0v) is 24.0. The number of carboxylic acids is 1. The van der Waals surface area contributed by atoms with E-state index >= 15 is 0 Å². The van der Waals surface area contributed by atoms with Crippen molar-refractivity contribution in [2.75, 3.05) is 20.3 Å². The summed E-state index contributed by atoms with van der Waals surface area (Å²) in [5.74, 6) is -0.0813. The van der Waals surface area contributed by atoms with Gasteiger partial charge in [-0.15, -0.1) is 0 Å². The first-order chi connectivity index (χ1) is 20.6. The van der Waals surface area contributed by atoms with E-state index in [2.05, 4.69) is 21.2 Å². The van der Waals surface area contributed by atoms with Gasteiger partial charge in [0.05, 0.1) is 37.1 Å². The van der Waals surface area contributed by atoms with E-state index in [0.29, 0.717) is 52.0 Å². The highest BCUT2D eigenvalue weighted by molar-refractivity contribution is 5.95. The zero-order chi connectivity index (χ0) is 31.1. The van der Waals surface area contributed by atoms with Crippen molar-refractivity contribution < 1.29 is 43.2 Å². The van der Waals surface area contributed by atoms with E-state index in [9.17, 15) is 24.6 Å². The van der Waals surface area contributed by atoms with Crippen LogP contribution in [0.1, 0.15) is 47.1 Å². The summed E-state index contributed by atoms with van der Waals surface area (Å²) < 4.78 is 22.1. The number of nitrogens with one attached hydrogen (secondary N) is 3. The van der Waals surface area contributed by atoms with Crippen LogP contribution in [0.5, 0.6) is 11.5 Å². The predicted molar refractivity (Wildman–Crippen MR) is 155 cm³/mol. The van der Waals surface area contributed by atoms with Crippen molar-refractivity contribution in [3.8, 4) is 22.8 Å². The smallest absolute Gasteiger partial charge is 0.337 e. The minimum absolute atomic E-state index is 0.187. The van der Waals surface area contributed by atoms with Gasteiger partial charge < -0.3 is 39.5 Å². The summed E-state index contributed by atoms with van der Waals surface area (Å²) in [6.45, 7) is 5.23. The number of rotatable bonds is 12. The number of hydrogen-bond acceptors (Lipinski definition) is 10. The number of hydrazone groups is 1. The Kier molecular flexibility index (Phi) is 9.68. The van der Waals surface area contributed by atoms with Crippen LogP contribution in [-0.4, -0.2) is 60.9 Å². The van der Waals surface area contributed by atoms with Gasteiger partial charge in [0, 0.05) is 11.3 Å². The van der Waals surface area contributed by atoms with Gasteiger partial charge >= 0.3 is 18.0 Å². The lowest BCUT2D eigenvalue weighted by atomic mass is 9.95. The number of hydrogen-bond donors (Lipinski definition) is 5. The van der Waals surface area contributed by atoms with E-state index in [0.717, 1.165) is 0 Å². The summed E-state index contributed by atoms with van der Waals surface area (Å²) in [7, 11) is 1.26.